The Labute approximate surface area is 201 Å². The lowest BCUT2D eigenvalue weighted by atomic mass is 10.1. The molecule has 2 aromatic heterocycles. The van der Waals surface area contributed by atoms with Crippen LogP contribution in [0.15, 0.2) is 45.9 Å². The standard InChI is InChI=1S/C23H25N7O5/c31-20(32)17-3-1-2-16(14-17)19-5-4-18(35-19)15-24-28-21-25-22(29-6-10-33-11-7-29)27-23(26-21)30-8-12-34-13-9-30/h1-5,14-15H,6-13H2,(H,31,32)(H,25,26,27,28). The number of morpholine rings is 2. The molecule has 0 bridgehead atoms. The van der Waals surface area contributed by atoms with E-state index in [2.05, 4.69) is 35.3 Å². The number of carboxylic acid groups (broad SMARTS) is 1. The van der Waals surface area contributed by atoms with Crippen LogP contribution < -0.4 is 15.2 Å². The van der Waals surface area contributed by atoms with E-state index in [9.17, 15) is 9.90 Å². The summed E-state index contributed by atoms with van der Waals surface area (Å²) in [5.74, 6) is 1.50. The molecular formula is C23H25N7O5. The molecule has 0 atom stereocenters. The average molecular weight is 479 g/mol. The summed E-state index contributed by atoms with van der Waals surface area (Å²) in [6.07, 6.45) is 1.51. The lowest BCUT2D eigenvalue weighted by molar-refractivity contribution is 0.0697. The first-order valence-electron chi connectivity index (χ1n) is 11.3. The van der Waals surface area contributed by atoms with Crippen LogP contribution >= 0.6 is 0 Å². The largest absolute Gasteiger partial charge is 0.478 e. The highest BCUT2D eigenvalue weighted by Crippen LogP contribution is 2.23. The molecule has 2 saturated heterocycles. The molecule has 2 N–H and O–H groups in total. The zero-order valence-electron chi connectivity index (χ0n) is 19.0. The summed E-state index contributed by atoms with van der Waals surface area (Å²) < 4.78 is 16.7. The Balaban J connectivity index is 1.32. The first-order chi connectivity index (χ1) is 17.2. The molecule has 4 heterocycles. The van der Waals surface area contributed by atoms with Crippen LogP contribution in [-0.2, 0) is 9.47 Å². The number of aromatic carboxylic acids is 1. The van der Waals surface area contributed by atoms with Gasteiger partial charge in [-0.1, -0.05) is 12.1 Å². The molecule has 2 fully saturated rings. The van der Waals surface area contributed by atoms with E-state index < -0.39 is 5.97 Å². The van der Waals surface area contributed by atoms with Crippen molar-refractivity contribution in [3.63, 3.8) is 0 Å². The maximum Gasteiger partial charge on any atom is 0.335 e. The number of ether oxygens (including phenoxy) is 2. The van der Waals surface area contributed by atoms with Gasteiger partial charge in [-0.2, -0.15) is 20.1 Å². The van der Waals surface area contributed by atoms with Crippen molar-refractivity contribution in [2.24, 2.45) is 5.10 Å². The van der Waals surface area contributed by atoms with Crippen molar-refractivity contribution in [2.75, 3.05) is 67.8 Å². The van der Waals surface area contributed by atoms with Gasteiger partial charge in [-0.25, -0.2) is 10.2 Å². The highest BCUT2D eigenvalue weighted by Gasteiger charge is 2.20. The highest BCUT2D eigenvalue weighted by atomic mass is 16.5. The molecule has 0 spiro atoms. The van der Waals surface area contributed by atoms with Gasteiger partial charge >= 0.3 is 5.97 Å². The fourth-order valence-electron chi connectivity index (χ4n) is 3.75. The van der Waals surface area contributed by atoms with E-state index >= 15 is 0 Å². The van der Waals surface area contributed by atoms with E-state index in [0.717, 1.165) is 0 Å². The molecule has 2 aliphatic heterocycles. The van der Waals surface area contributed by atoms with Gasteiger partial charge in [-0.15, -0.1) is 0 Å². The number of anilines is 3. The number of furan rings is 1. The molecule has 5 rings (SSSR count). The number of carboxylic acids is 1. The Bertz CT molecular complexity index is 1170. The van der Waals surface area contributed by atoms with E-state index in [0.29, 0.717) is 87.5 Å². The lowest BCUT2D eigenvalue weighted by Crippen LogP contribution is -2.40. The van der Waals surface area contributed by atoms with Crippen molar-refractivity contribution in [1.82, 2.24) is 15.0 Å². The van der Waals surface area contributed by atoms with E-state index in [-0.39, 0.29) is 5.56 Å². The molecular weight excluding hydrogens is 454 g/mol. The Morgan fingerprint density at radius 3 is 2.23 bits per heavy atom. The fraction of sp³-hybridized carbons (Fsp3) is 0.348. The van der Waals surface area contributed by atoms with Gasteiger partial charge in [0.25, 0.3) is 0 Å². The van der Waals surface area contributed by atoms with Gasteiger partial charge in [0.05, 0.1) is 38.2 Å². The maximum absolute atomic E-state index is 11.2. The molecule has 12 heteroatoms. The summed E-state index contributed by atoms with van der Waals surface area (Å²) in [6, 6.07) is 10.1. The third-order valence-electron chi connectivity index (χ3n) is 5.58. The van der Waals surface area contributed by atoms with Crippen molar-refractivity contribution in [2.45, 2.75) is 0 Å². The molecule has 2 aliphatic rings. The van der Waals surface area contributed by atoms with Gasteiger partial charge in [0.1, 0.15) is 11.5 Å². The molecule has 0 amide bonds. The predicted molar refractivity (Wildman–Crippen MR) is 128 cm³/mol. The maximum atomic E-state index is 11.2. The van der Waals surface area contributed by atoms with Crippen molar-refractivity contribution < 1.29 is 23.8 Å². The van der Waals surface area contributed by atoms with E-state index in [1.165, 1.54) is 12.3 Å². The number of rotatable bonds is 7. The van der Waals surface area contributed by atoms with Crippen LogP contribution in [0.3, 0.4) is 0 Å². The number of nitrogens with zero attached hydrogens (tertiary/aromatic N) is 6. The number of nitrogens with one attached hydrogen (secondary N) is 1. The second-order valence-corrected chi connectivity index (χ2v) is 7.92. The van der Waals surface area contributed by atoms with Gasteiger partial charge < -0.3 is 28.8 Å². The zero-order valence-corrected chi connectivity index (χ0v) is 19.0. The summed E-state index contributed by atoms with van der Waals surface area (Å²) in [5.41, 5.74) is 3.74. The van der Waals surface area contributed by atoms with Gasteiger partial charge in [-0.05, 0) is 24.3 Å². The number of hydrogen-bond donors (Lipinski definition) is 2. The molecule has 182 valence electrons. The minimum atomic E-state index is -0.991. The SMILES string of the molecule is O=C(O)c1cccc(-c2ccc(C=NNc3nc(N4CCOCC4)nc(N4CCOCC4)n3)o2)c1. The van der Waals surface area contributed by atoms with Crippen LogP contribution in [0.25, 0.3) is 11.3 Å². The molecule has 0 unspecified atom stereocenters. The Morgan fingerprint density at radius 2 is 1.60 bits per heavy atom. The molecule has 0 radical (unpaired) electrons. The van der Waals surface area contributed by atoms with Crippen molar-refractivity contribution in [3.8, 4) is 11.3 Å². The second kappa shape index (κ2) is 10.5. The number of carbonyl (C=O) groups is 1. The lowest BCUT2D eigenvalue weighted by Gasteiger charge is -2.30. The van der Waals surface area contributed by atoms with Crippen molar-refractivity contribution in [1.29, 1.82) is 0 Å². The molecule has 0 aliphatic carbocycles. The van der Waals surface area contributed by atoms with Crippen LogP contribution in [0.2, 0.25) is 0 Å². The van der Waals surface area contributed by atoms with Crippen molar-refractivity contribution >= 4 is 30.0 Å². The topological polar surface area (TPSA) is 138 Å². The number of hydrogen-bond acceptors (Lipinski definition) is 11. The van der Waals surface area contributed by atoms with E-state index in [1.54, 1.807) is 30.3 Å². The number of hydrazone groups is 1. The normalized spacial score (nSPS) is 16.6. The smallest absolute Gasteiger partial charge is 0.335 e. The molecule has 35 heavy (non-hydrogen) atoms. The quantitative estimate of drug-likeness (QED) is 0.380. The number of benzene rings is 1. The van der Waals surface area contributed by atoms with Gasteiger partial charge in [0.2, 0.25) is 17.8 Å². The molecule has 12 nitrogen and oxygen atoms in total. The van der Waals surface area contributed by atoms with Crippen LogP contribution in [0.1, 0.15) is 16.1 Å². The van der Waals surface area contributed by atoms with Crippen molar-refractivity contribution in [3.05, 3.63) is 47.7 Å². The monoisotopic (exact) mass is 479 g/mol. The summed E-state index contributed by atoms with van der Waals surface area (Å²) in [7, 11) is 0. The Morgan fingerprint density at radius 1 is 0.943 bits per heavy atom. The summed E-state index contributed by atoms with van der Waals surface area (Å²) in [4.78, 5) is 29.1. The highest BCUT2D eigenvalue weighted by molar-refractivity contribution is 5.89. The third-order valence-corrected chi connectivity index (χ3v) is 5.58. The molecule has 3 aromatic rings. The van der Waals surface area contributed by atoms with Gasteiger partial charge in [0, 0.05) is 31.7 Å². The van der Waals surface area contributed by atoms with Crippen LogP contribution in [0.5, 0.6) is 0 Å². The molecule has 1 aromatic carbocycles. The first kappa shape index (κ1) is 22.7. The second-order valence-electron chi connectivity index (χ2n) is 7.92. The van der Waals surface area contributed by atoms with Gasteiger partial charge in [0.15, 0.2) is 0 Å². The van der Waals surface area contributed by atoms with Crippen LogP contribution in [0, 0.1) is 0 Å². The minimum absolute atomic E-state index is 0.192. The Kier molecular flexibility index (Phi) is 6.82. The zero-order chi connectivity index (χ0) is 24.0. The molecule has 0 saturated carbocycles. The van der Waals surface area contributed by atoms with Gasteiger partial charge in [-0.3, -0.25) is 0 Å². The number of aromatic nitrogens is 3. The predicted octanol–water partition coefficient (Wildman–Crippen LogP) is 1.95. The van der Waals surface area contributed by atoms with E-state index in [4.69, 9.17) is 13.9 Å². The summed E-state index contributed by atoms with van der Waals surface area (Å²) in [5, 5.41) is 13.4. The average Bonchev–Trinajstić information content (AvgIpc) is 3.39. The van der Waals surface area contributed by atoms with Crippen LogP contribution in [-0.4, -0.2) is 84.8 Å². The third kappa shape index (κ3) is 5.55. The summed E-state index contributed by atoms with van der Waals surface area (Å²) >= 11 is 0. The summed E-state index contributed by atoms with van der Waals surface area (Å²) in [6.45, 7) is 5.29. The fourth-order valence-corrected chi connectivity index (χ4v) is 3.75. The van der Waals surface area contributed by atoms with E-state index in [1.807, 2.05) is 0 Å². The van der Waals surface area contributed by atoms with Crippen LogP contribution in [0.4, 0.5) is 17.8 Å². The Hall–Kier alpha value is -4.03. The first-order valence-corrected chi connectivity index (χ1v) is 11.3. The minimum Gasteiger partial charge on any atom is -0.478 e.